The Labute approximate surface area is 116 Å². The smallest absolute Gasteiger partial charge is 0.166 e. The minimum absolute atomic E-state index is 0.00134. The van der Waals surface area contributed by atoms with Gasteiger partial charge < -0.3 is 14.8 Å². The van der Waals surface area contributed by atoms with Crippen LogP contribution in [0.5, 0.6) is 11.5 Å². The van der Waals surface area contributed by atoms with Crippen molar-refractivity contribution in [3.8, 4) is 11.5 Å². The molecule has 2 heterocycles. The molecule has 1 atom stereocenters. The number of hydrogen-bond donors (Lipinski definition) is 1. The Morgan fingerprint density at radius 1 is 1.33 bits per heavy atom. The molecule has 0 bridgehead atoms. The fourth-order valence-corrected chi connectivity index (χ4v) is 3.43. The third kappa shape index (κ3) is 1.82. The van der Waals surface area contributed by atoms with Crippen LogP contribution in [0.2, 0.25) is 0 Å². The van der Waals surface area contributed by atoms with Gasteiger partial charge in [-0.15, -0.1) is 0 Å². The number of fused-ring (bicyclic) bond motifs is 1. The van der Waals surface area contributed by atoms with Crippen molar-refractivity contribution in [2.45, 2.75) is 32.2 Å². The summed E-state index contributed by atoms with van der Waals surface area (Å²) in [5, 5.41) is 3.61. The molecule has 3 rings (SSSR count). The summed E-state index contributed by atoms with van der Waals surface area (Å²) in [6, 6.07) is 2.02. The Balaban J connectivity index is 2.20. The molecule has 98 valence electrons. The average molecular weight is 312 g/mol. The minimum atomic E-state index is -0.00134. The van der Waals surface area contributed by atoms with Gasteiger partial charge in [-0.2, -0.15) is 0 Å². The van der Waals surface area contributed by atoms with E-state index in [1.807, 2.05) is 6.07 Å². The molecule has 0 spiro atoms. The molecule has 4 heteroatoms. The standard InChI is InChI=1S/C14H18BrNO2/c1-9-10(15)8-11-13(18-7-6-17-11)12(9)14(2)4-3-5-16-14/h8,16H,3-7H2,1-2H3. The molecule has 0 aromatic heterocycles. The molecule has 2 aliphatic heterocycles. The van der Waals surface area contributed by atoms with Crippen LogP contribution in [-0.4, -0.2) is 19.8 Å². The van der Waals surface area contributed by atoms with Crippen LogP contribution < -0.4 is 14.8 Å². The maximum Gasteiger partial charge on any atom is 0.166 e. The van der Waals surface area contributed by atoms with Crippen molar-refractivity contribution in [3.05, 3.63) is 21.7 Å². The number of nitrogens with one attached hydrogen (secondary N) is 1. The maximum absolute atomic E-state index is 5.88. The van der Waals surface area contributed by atoms with Gasteiger partial charge in [-0.1, -0.05) is 15.9 Å². The highest BCUT2D eigenvalue weighted by Crippen LogP contribution is 2.47. The number of ether oxygens (including phenoxy) is 2. The minimum Gasteiger partial charge on any atom is -0.486 e. The molecule has 0 saturated carbocycles. The lowest BCUT2D eigenvalue weighted by atomic mass is 9.86. The SMILES string of the molecule is Cc1c(Br)cc2c(c1C1(C)CCCN1)OCCO2. The summed E-state index contributed by atoms with van der Waals surface area (Å²) in [6.45, 7) is 6.73. The lowest BCUT2D eigenvalue weighted by molar-refractivity contribution is 0.166. The topological polar surface area (TPSA) is 30.5 Å². The Kier molecular flexibility index (Phi) is 3.02. The molecule has 2 aliphatic rings. The van der Waals surface area contributed by atoms with Crippen molar-refractivity contribution in [1.82, 2.24) is 5.32 Å². The summed E-state index contributed by atoms with van der Waals surface area (Å²) in [5.41, 5.74) is 2.50. The molecule has 3 nitrogen and oxygen atoms in total. The summed E-state index contributed by atoms with van der Waals surface area (Å²) in [5.74, 6) is 1.79. The van der Waals surface area contributed by atoms with Crippen LogP contribution >= 0.6 is 15.9 Å². The van der Waals surface area contributed by atoms with Gasteiger partial charge in [0.2, 0.25) is 0 Å². The zero-order valence-electron chi connectivity index (χ0n) is 10.8. The van der Waals surface area contributed by atoms with E-state index in [0.29, 0.717) is 13.2 Å². The van der Waals surface area contributed by atoms with Crippen LogP contribution in [-0.2, 0) is 5.54 Å². The molecule has 0 amide bonds. The molecule has 0 aliphatic carbocycles. The van der Waals surface area contributed by atoms with Gasteiger partial charge in [-0.25, -0.2) is 0 Å². The Hall–Kier alpha value is -0.740. The zero-order valence-corrected chi connectivity index (χ0v) is 12.4. The Morgan fingerprint density at radius 2 is 2.11 bits per heavy atom. The van der Waals surface area contributed by atoms with Crippen LogP contribution in [0.3, 0.4) is 0 Å². The summed E-state index contributed by atoms with van der Waals surface area (Å²) in [6.07, 6.45) is 2.35. The van der Waals surface area contributed by atoms with Crippen molar-refractivity contribution >= 4 is 15.9 Å². The van der Waals surface area contributed by atoms with Crippen LogP contribution in [0.15, 0.2) is 10.5 Å². The molecule has 18 heavy (non-hydrogen) atoms. The number of hydrogen-bond acceptors (Lipinski definition) is 3. The monoisotopic (exact) mass is 311 g/mol. The van der Waals surface area contributed by atoms with Crippen molar-refractivity contribution in [3.63, 3.8) is 0 Å². The molecular formula is C14H18BrNO2. The first-order chi connectivity index (χ1) is 8.62. The second-order valence-corrected chi connectivity index (χ2v) is 6.10. The molecule has 1 aromatic rings. The fourth-order valence-electron chi connectivity index (χ4n) is 3.02. The molecule has 0 radical (unpaired) electrons. The van der Waals surface area contributed by atoms with Gasteiger partial charge in [0.05, 0.1) is 0 Å². The van der Waals surface area contributed by atoms with Gasteiger partial charge in [-0.3, -0.25) is 0 Å². The van der Waals surface area contributed by atoms with E-state index in [2.05, 4.69) is 35.1 Å². The second kappa shape index (κ2) is 4.42. The van der Waals surface area contributed by atoms with Gasteiger partial charge >= 0.3 is 0 Å². The zero-order chi connectivity index (χ0) is 12.8. The van der Waals surface area contributed by atoms with E-state index < -0.39 is 0 Å². The highest BCUT2D eigenvalue weighted by Gasteiger charge is 2.37. The lowest BCUT2D eigenvalue weighted by Crippen LogP contribution is -2.35. The highest BCUT2D eigenvalue weighted by molar-refractivity contribution is 9.10. The molecule has 1 aromatic carbocycles. The number of halogens is 1. The summed E-state index contributed by atoms with van der Waals surface area (Å²) >= 11 is 3.63. The van der Waals surface area contributed by atoms with Gasteiger partial charge in [0.15, 0.2) is 11.5 Å². The lowest BCUT2D eigenvalue weighted by Gasteiger charge is -2.32. The summed E-state index contributed by atoms with van der Waals surface area (Å²) in [7, 11) is 0. The van der Waals surface area contributed by atoms with E-state index in [4.69, 9.17) is 9.47 Å². The van der Waals surface area contributed by atoms with Crippen molar-refractivity contribution in [2.75, 3.05) is 19.8 Å². The first kappa shape index (κ1) is 12.3. The quantitative estimate of drug-likeness (QED) is 0.864. The first-order valence-corrected chi connectivity index (χ1v) is 7.25. The van der Waals surface area contributed by atoms with Crippen LogP contribution in [0.4, 0.5) is 0 Å². The molecular weight excluding hydrogens is 294 g/mol. The molecule has 1 fully saturated rings. The van der Waals surface area contributed by atoms with Crippen molar-refractivity contribution < 1.29 is 9.47 Å². The van der Waals surface area contributed by atoms with E-state index in [0.717, 1.165) is 28.9 Å². The summed E-state index contributed by atoms with van der Waals surface area (Å²) in [4.78, 5) is 0. The van der Waals surface area contributed by atoms with Crippen molar-refractivity contribution in [2.24, 2.45) is 0 Å². The van der Waals surface area contributed by atoms with E-state index in [1.54, 1.807) is 0 Å². The van der Waals surface area contributed by atoms with Gasteiger partial charge in [0, 0.05) is 15.6 Å². The fraction of sp³-hybridized carbons (Fsp3) is 0.571. The molecule has 1 unspecified atom stereocenters. The average Bonchev–Trinajstić information content (AvgIpc) is 2.78. The Morgan fingerprint density at radius 3 is 2.83 bits per heavy atom. The van der Waals surface area contributed by atoms with Crippen molar-refractivity contribution in [1.29, 1.82) is 0 Å². The van der Waals surface area contributed by atoms with Gasteiger partial charge in [-0.05, 0) is 44.9 Å². The van der Waals surface area contributed by atoms with Crippen LogP contribution in [0, 0.1) is 6.92 Å². The maximum atomic E-state index is 5.88. The van der Waals surface area contributed by atoms with E-state index >= 15 is 0 Å². The van der Waals surface area contributed by atoms with Gasteiger partial charge in [0.25, 0.3) is 0 Å². The van der Waals surface area contributed by atoms with E-state index in [1.165, 1.54) is 17.5 Å². The van der Waals surface area contributed by atoms with E-state index in [9.17, 15) is 0 Å². The van der Waals surface area contributed by atoms with Crippen LogP contribution in [0.25, 0.3) is 0 Å². The largest absolute Gasteiger partial charge is 0.486 e. The Bertz CT molecular complexity index is 481. The number of rotatable bonds is 1. The molecule has 1 N–H and O–H groups in total. The predicted octanol–water partition coefficient (Wildman–Crippen LogP) is 3.13. The second-order valence-electron chi connectivity index (χ2n) is 5.25. The summed E-state index contributed by atoms with van der Waals surface area (Å²) < 4.78 is 12.7. The van der Waals surface area contributed by atoms with E-state index in [-0.39, 0.29) is 5.54 Å². The molecule has 1 saturated heterocycles. The van der Waals surface area contributed by atoms with Crippen LogP contribution in [0.1, 0.15) is 30.9 Å². The normalized spacial score (nSPS) is 26.4. The third-order valence-corrected chi connectivity index (χ3v) is 4.77. The van der Waals surface area contributed by atoms with Gasteiger partial charge in [0.1, 0.15) is 13.2 Å². The first-order valence-electron chi connectivity index (χ1n) is 6.46. The third-order valence-electron chi connectivity index (χ3n) is 3.95. The highest BCUT2D eigenvalue weighted by atomic mass is 79.9. The number of benzene rings is 1. The predicted molar refractivity (Wildman–Crippen MR) is 74.5 cm³/mol.